The molecule has 5 aromatic carbocycles. The molecule has 0 heteroatoms. The lowest BCUT2D eigenvalue weighted by Crippen LogP contribution is -1.86. The number of hydrogen-bond acceptors (Lipinski definition) is 0. The Morgan fingerprint density at radius 3 is 2.04 bits per heavy atom. The van der Waals surface area contributed by atoms with E-state index in [0.717, 1.165) is 0 Å². The summed E-state index contributed by atoms with van der Waals surface area (Å²) in [6.45, 7) is 0. The predicted molar refractivity (Wildman–Crippen MR) is 106 cm³/mol. The fourth-order valence-corrected chi connectivity index (χ4v) is 3.68. The highest BCUT2D eigenvalue weighted by Gasteiger charge is 2.09. The first-order chi connectivity index (χ1) is 11.9. The smallest absolute Gasteiger partial charge is 0.00208 e. The SMILES string of the molecule is C(=C\c1cc2cccc3ccc4cccc1c4c32)/c1ccccc1. The minimum absolute atomic E-state index is 1.22. The normalized spacial score (nSPS) is 12.0. The Balaban J connectivity index is 1.84. The maximum absolute atomic E-state index is 2.31. The summed E-state index contributed by atoms with van der Waals surface area (Å²) in [5.74, 6) is 0. The molecule has 0 radical (unpaired) electrons. The molecule has 0 bridgehead atoms. The van der Waals surface area contributed by atoms with Gasteiger partial charge in [0.25, 0.3) is 0 Å². The fourth-order valence-electron chi connectivity index (χ4n) is 3.68. The zero-order valence-corrected chi connectivity index (χ0v) is 13.2. The van der Waals surface area contributed by atoms with Gasteiger partial charge in [0, 0.05) is 0 Å². The number of rotatable bonds is 2. The van der Waals surface area contributed by atoms with Crippen LogP contribution in [0, 0.1) is 0 Å². The quantitative estimate of drug-likeness (QED) is 0.250. The topological polar surface area (TPSA) is 0 Å². The highest BCUT2D eigenvalue weighted by Crippen LogP contribution is 2.36. The van der Waals surface area contributed by atoms with Crippen LogP contribution in [0.2, 0.25) is 0 Å². The van der Waals surface area contributed by atoms with Crippen molar-refractivity contribution < 1.29 is 0 Å². The van der Waals surface area contributed by atoms with Gasteiger partial charge in [0.2, 0.25) is 0 Å². The van der Waals surface area contributed by atoms with Crippen LogP contribution in [0.3, 0.4) is 0 Å². The van der Waals surface area contributed by atoms with Crippen LogP contribution in [0.25, 0.3) is 44.5 Å². The van der Waals surface area contributed by atoms with Crippen molar-refractivity contribution in [3.8, 4) is 0 Å². The highest BCUT2D eigenvalue weighted by atomic mass is 14.1. The molecule has 0 fully saturated rings. The first-order valence-electron chi connectivity index (χ1n) is 8.30. The lowest BCUT2D eigenvalue weighted by molar-refractivity contribution is 1.66. The molecule has 0 atom stereocenters. The van der Waals surface area contributed by atoms with Crippen LogP contribution < -0.4 is 0 Å². The lowest BCUT2D eigenvalue weighted by atomic mass is 9.91. The van der Waals surface area contributed by atoms with Crippen molar-refractivity contribution >= 4 is 44.5 Å². The lowest BCUT2D eigenvalue weighted by Gasteiger charge is -2.12. The Hall–Kier alpha value is -3.12. The second-order valence-electron chi connectivity index (χ2n) is 6.26. The van der Waals surface area contributed by atoms with Gasteiger partial charge >= 0.3 is 0 Å². The zero-order chi connectivity index (χ0) is 15.9. The second kappa shape index (κ2) is 5.21. The molecule has 0 saturated heterocycles. The van der Waals surface area contributed by atoms with E-state index in [1.807, 2.05) is 0 Å². The maximum atomic E-state index is 2.31. The van der Waals surface area contributed by atoms with Gasteiger partial charge in [-0.3, -0.25) is 0 Å². The number of hydrogen-bond donors (Lipinski definition) is 0. The van der Waals surface area contributed by atoms with Crippen molar-refractivity contribution in [2.45, 2.75) is 0 Å². The minimum Gasteiger partial charge on any atom is -0.0622 e. The molecule has 5 rings (SSSR count). The molecule has 0 saturated carbocycles. The van der Waals surface area contributed by atoms with Crippen molar-refractivity contribution in [1.82, 2.24) is 0 Å². The monoisotopic (exact) mass is 304 g/mol. The Labute approximate surface area is 141 Å². The Bertz CT molecular complexity index is 1180. The molecular formula is C24H16. The van der Waals surface area contributed by atoms with Crippen LogP contribution in [0.1, 0.15) is 11.1 Å². The summed E-state index contributed by atoms with van der Waals surface area (Å²) in [5, 5.41) is 8.01. The second-order valence-corrected chi connectivity index (χ2v) is 6.26. The van der Waals surface area contributed by atoms with E-state index >= 15 is 0 Å². The molecule has 0 nitrogen and oxygen atoms in total. The highest BCUT2D eigenvalue weighted by molar-refractivity contribution is 6.24. The van der Waals surface area contributed by atoms with E-state index in [1.54, 1.807) is 0 Å². The molecule has 0 aliphatic heterocycles. The van der Waals surface area contributed by atoms with Crippen LogP contribution in [0.15, 0.2) is 84.9 Å². The Kier molecular flexibility index (Phi) is 2.89. The van der Waals surface area contributed by atoms with E-state index in [9.17, 15) is 0 Å². The summed E-state index contributed by atoms with van der Waals surface area (Å²) in [4.78, 5) is 0. The third-order valence-corrected chi connectivity index (χ3v) is 4.79. The van der Waals surface area contributed by atoms with E-state index in [1.165, 1.54) is 43.4 Å². The van der Waals surface area contributed by atoms with Crippen molar-refractivity contribution in [1.29, 1.82) is 0 Å². The van der Waals surface area contributed by atoms with Gasteiger partial charge in [-0.15, -0.1) is 0 Å². The first kappa shape index (κ1) is 13.3. The molecule has 112 valence electrons. The van der Waals surface area contributed by atoms with Gasteiger partial charge in [0.15, 0.2) is 0 Å². The van der Waals surface area contributed by atoms with Crippen LogP contribution in [0.4, 0.5) is 0 Å². The van der Waals surface area contributed by atoms with Gasteiger partial charge in [-0.05, 0) is 49.5 Å². The average molecular weight is 304 g/mol. The van der Waals surface area contributed by atoms with Crippen LogP contribution >= 0.6 is 0 Å². The summed E-state index contributed by atoms with van der Waals surface area (Å²) in [5.41, 5.74) is 2.50. The predicted octanol–water partition coefficient (Wildman–Crippen LogP) is 6.75. The van der Waals surface area contributed by atoms with Gasteiger partial charge in [0.1, 0.15) is 0 Å². The molecule has 5 aromatic rings. The van der Waals surface area contributed by atoms with Crippen molar-refractivity contribution in [3.63, 3.8) is 0 Å². The Morgan fingerprint density at radius 2 is 1.21 bits per heavy atom. The molecule has 0 heterocycles. The van der Waals surface area contributed by atoms with Crippen molar-refractivity contribution in [2.75, 3.05) is 0 Å². The third kappa shape index (κ3) is 2.00. The van der Waals surface area contributed by atoms with Crippen LogP contribution in [-0.4, -0.2) is 0 Å². The summed E-state index contributed by atoms with van der Waals surface area (Å²) < 4.78 is 0. The van der Waals surface area contributed by atoms with Gasteiger partial charge in [0.05, 0.1) is 0 Å². The van der Waals surface area contributed by atoms with Crippen molar-refractivity contribution in [3.05, 3.63) is 96.1 Å². The van der Waals surface area contributed by atoms with E-state index in [2.05, 4.69) is 97.1 Å². The standard InChI is InChI=1S/C24H16/c1-2-6-17(7-3-1)12-13-20-16-21-10-4-8-18-14-15-19-9-5-11-22(20)24(19)23(18)21/h1-16H/b13-12+. The maximum Gasteiger partial charge on any atom is -0.00208 e. The van der Waals surface area contributed by atoms with Gasteiger partial charge in [-0.1, -0.05) is 91.0 Å². The molecule has 0 aromatic heterocycles. The zero-order valence-electron chi connectivity index (χ0n) is 13.2. The molecule has 0 aliphatic rings. The van der Waals surface area contributed by atoms with Crippen LogP contribution in [0.5, 0.6) is 0 Å². The minimum atomic E-state index is 1.22. The molecule has 0 N–H and O–H groups in total. The van der Waals surface area contributed by atoms with Crippen LogP contribution in [-0.2, 0) is 0 Å². The summed E-state index contributed by atoms with van der Waals surface area (Å²) >= 11 is 0. The summed E-state index contributed by atoms with van der Waals surface area (Å²) in [6.07, 6.45) is 4.43. The fraction of sp³-hybridized carbons (Fsp3) is 0. The molecule has 0 spiro atoms. The first-order valence-corrected chi connectivity index (χ1v) is 8.30. The van der Waals surface area contributed by atoms with Gasteiger partial charge in [-0.25, -0.2) is 0 Å². The van der Waals surface area contributed by atoms with E-state index in [0.29, 0.717) is 0 Å². The Morgan fingerprint density at radius 1 is 0.500 bits per heavy atom. The average Bonchev–Trinajstić information content (AvgIpc) is 2.65. The van der Waals surface area contributed by atoms with Gasteiger partial charge < -0.3 is 0 Å². The molecular weight excluding hydrogens is 288 g/mol. The largest absolute Gasteiger partial charge is 0.0622 e. The number of benzene rings is 5. The van der Waals surface area contributed by atoms with E-state index in [-0.39, 0.29) is 0 Å². The van der Waals surface area contributed by atoms with E-state index < -0.39 is 0 Å². The van der Waals surface area contributed by atoms with E-state index in [4.69, 9.17) is 0 Å². The molecule has 24 heavy (non-hydrogen) atoms. The van der Waals surface area contributed by atoms with Gasteiger partial charge in [-0.2, -0.15) is 0 Å². The van der Waals surface area contributed by atoms with Crippen molar-refractivity contribution in [2.24, 2.45) is 0 Å². The summed E-state index contributed by atoms with van der Waals surface area (Å²) in [7, 11) is 0. The molecule has 0 aliphatic carbocycles. The summed E-state index contributed by atoms with van der Waals surface area (Å²) in [6, 6.07) is 30.4. The molecule has 0 unspecified atom stereocenters. The third-order valence-electron chi connectivity index (χ3n) is 4.79. The molecule has 0 amide bonds.